The quantitative estimate of drug-likeness (QED) is 0.496. The van der Waals surface area contributed by atoms with Crippen molar-refractivity contribution in [3.63, 3.8) is 0 Å². The van der Waals surface area contributed by atoms with Crippen LogP contribution in [0.5, 0.6) is 0 Å². The van der Waals surface area contributed by atoms with Crippen molar-refractivity contribution in [2.75, 3.05) is 52.2 Å². The summed E-state index contributed by atoms with van der Waals surface area (Å²) in [4.78, 5) is 42.0. The van der Waals surface area contributed by atoms with Crippen LogP contribution in [-0.4, -0.2) is 88.7 Å². The number of hydrogen-bond acceptors (Lipinski definition) is 8. The molecule has 9 nitrogen and oxygen atoms in total. The number of anilines is 1. The van der Waals surface area contributed by atoms with Gasteiger partial charge >= 0.3 is 0 Å². The van der Waals surface area contributed by atoms with Crippen LogP contribution >= 0.6 is 34.5 Å². The molecule has 2 aliphatic carbocycles. The predicted octanol–water partition coefficient (Wildman–Crippen LogP) is 4.12. The topological polar surface area (TPSA) is 93.6 Å². The lowest BCUT2D eigenvalue weighted by Gasteiger charge is -2.31. The minimum atomic E-state index is -0.279. The summed E-state index contributed by atoms with van der Waals surface area (Å²) >= 11 is 14.7. The number of carbonyl (C=O) groups excluding carboxylic acids is 1. The first-order valence-electron chi connectivity index (χ1n) is 11.9. The number of allylic oxidation sites excluding steroid dienone is 2. The number of rotatable bonds is 4. The number of nitrogens with zero attached hydrogens (tertiary/aromatic N) is 7. The van der Waals surface area contributed by atoms with Crippen LogP contribution in [-0.2, 0) is 4.79 Å². The second-order valence-electron chi connectivity index (χ2n) is 9.78. The zero-order valence-electron chi connectivity index (χ0n) is 20.2. The largest absolute Gasteiger partial charge is 0.348 e. The van der Waals surface area contributed by atoms with Crippen molar-refractivity contribution in [2.24, 2.45) is 22.7 Å². The Kier molecular flexibility index (Phi) is 6.02. The standard InChI is InChI=1S/C24H26Cl2N8OS/c1-32(2)23(35)15-12-4-5-13(10-12)16(15)28-17-14(25)11-27-21-18(17)29-22(31-21)19-20(26)30-24(36-19)34-8-6-33(3)7-9-34/h4-5,11-13,15H,6-10H2,1-3H3,(H,27,29,31)/t12-,13+,15+/m1/s1. The summed E-state index contributed by atoms with van der Waals surface area (Å²) in [7, 11) is 5.68. The van der Waals surface area contributed by atoms with Crippen molar-refractivity contribution in [3.05, 3.63) is 28.5 Å². The number of piperazine rings is 1. The number of fused-ring (bicyclic) bond motifs is 3. The molecule has 2 fully saturated rings. The Morgan fingerprint density at radius 3 is 2.72 bits per heavy atom. The molecular weight excluding hydrogens is 519 g/mol. The van der Waals surface area contributed by atoms with Gasteiger partial charge in [-0.2, -0.15) is 0 Å². The second kappa shape index (κ2) is 9.09. The minimum Gasteiger partial charge on any atom is -0.348 e. The van der Waals surface area contributed by atoms with E-state index in [1.54, 1.807) is 25.2 Å². The van der Waals surface area contributed by atoms with Gasteiger partial charge in [-0.3, -0.25) is 9.79 Å². The van der Waals surface area contributed by atoms with Gasteiger partial charge in [-0.25, -0.2) is 15.0 Å². The number of likely N-dealkylation sites (N-methyl/N-ethyl adjacent to an activating group) is 1. The molecule has 0 aromatic carbocycles. The third kappa shape index (κ3) is 4.00. The van der Waals surface area contributed by atoms with Gasteiger partial charge in [-0.05, 0) is 19.4 Å². The SMILES string of the molecule is CN1CCN(c2nc(Cl)c(-c3nc4ncc(Cl)c(N=C5[C@@H](C(=O)N(C)C)[C@@H]6C=C[C@H]5C6)c4[nH]3)s2)CC1. The molecule has 1 N–H and O–H groups in total. The van der Waals surface area contributed by atoms with Crippen molar-refractivity contribution in [1.82, 2.24) is 29.7 Å². The normalized spacial score (nSPS) is 25.0. The van der Waals surface area contributed by atoms with E-state index in [4.69, 9.17) is 33.2 Å². The van der Waals surface area contributed by atoms with E-state index >= 15 is 0 Å². The van der Waals surface area contributed by atoms with E-state index in [0.29, 0.717) is 32.9 Å². The van der Waals surface area contributed by atoms with Crippen molar-refractivity contribution in [3.8, 4) is 10.7 Å². The number of aromatic nitrogens is 4. The van der Waals surface area contributed by atoms with Crippen LogP contribution in [0.4, 0.5) is 10.8 Å². The van der Waals surface area contributed by atoms with Gasteiger partial charge in [0.15, 0.2) is 21.8 Å². The minimum absolute atomic E-state index is 0.0604. The van der Waals surface area contributed by atoms with E-state index in [9.17, 15) is 4.79 Å². The molecule has 3 aromatic heterocycles. The summed E-state index contributed by atoms with van der Waals surface area (Å²) in [6, 6.07) is 0. The zero-order chi connectivity index (χ0) is 25.1. The number of imidazole rings is 1. The van der Waals surface area contributed by atoms with Crippen LogP contribution in [0.3, 0.4) is 0 Å². The van der Waals surface area contributed by atoms with E-state index in [1.807, 2.05) is 0 Å². The lowest BCUT2D eigenvalue weighted by molar-refractivity contribution is -0.131. The Morgan fingerprint density at radius 1 is 1.19 bits per heavy atom. The molecule has 188 valence electrons. The number of H-pyrrole nitrogens is 1. The fourth-order valence-electron chi connectivity index (χ4n) is 5.22. The fourth-order valence-corrected chi connectivity index (χ4v) is 6.70. The molecule has 3 aromatic rings. The van der Waals surface area contributed by atoms with E-state index in [-0.39, 0.29) is 23.7 Å². The summed E-state index contributed by atoms with van der Waals surface area (Å²) in [5.74, 6) is 0.663. The maximum Gasteiger partial charge on any atom is 0.231 e. The second-order valence-corrected chi connectivity index (χ2v) is 11.5. The summed E-state index contributed by atoms with van der Waals surface area (Å²) < 4.78 is 0. The lowest BCUT2D eigenvalue weighted by atomic mass is 9.90. The first-order valence-corrected chi connectivity index (χ1v) is 13.5. The third-order valence-corrected chi connectivity index (χ3v) is 8.99. The number of pyridine rings is 1. The van der Waals surface area contributed by atoms with Gasteiger partial charge in [0.1, 0.15) is 16.1 Å². The lowest BCUT2D eigenvalue weighted by Crippen LogP contribution is -2.44. The third-order valence-electron chi connectivity index (χ3n) is 7.20. The molecule has 0 unspecified atom stereocenters. The molecule has 1 aliphatic heterocycles. The molecule has 0 spiro atoms. The molecule has 4 heterocycles. The van der Waals surface area contributed by atoms with Gasteiger partial charge < -0.3 is 19.7 Å². The van der Waals surface area contributed by atoms with Gasteiger partial charge in [-0.1, -0.05) is 46.7 Å². The van der Waals surface area contributed by atoms with Crippen molar-refractivity contribution < 1.29 is 4.79 Å². The molecule has 1 saturated carbocycles. The van der Waals surface area contributed by atoms with Gasteiger partial charge in [0.05, 0.1) is 17.1 Å². The van der Waals surface area contributed by atoms with Crippen LogP contribution in [0.25, 0.3) is 21.9 Å². The van der Waals surface area contributed by atoms with Crippen molar-refractivity contribution in [1.29, 1.82) is 0 Å². The fraction of sp³-hybridized carbons (Fsp3) is 0.458. The number of carbonyl (C=O) groups is 1. The molecular formula is C24H26Cl2N8OS. The van der Waals surface area contributed by atoms with Gasteiger partial charge in [-0.15, -0.1) is 0 Å². The summed E-state index contributed by atoms with van der Waals surface area (Å²) in [5.41, 5.74) is 2.51. The first-order chi connectivity index (χ1) is 17.3. The maximum atomic E-state index is 13.0. The molecule has 3 atom stereocenters. The number of amides is 1. The van der Waals surface area contributed by atoms with E-state index < -0.39 is 0 Å². The maximum absolute atomic E-state index is 13.0. The van der Waals surface area contributed by atoms with Crippen LogP contribution < -0.4 is 4.90 Å². The smallest absolute Gasteiger partial charge is 0.231 e. The molecule has 2 bridgehead atoms. The van der Waals surface area contributed by atoms with E-state index in [2.05, 4.69) is 44.0 Å². The zero-order valence-corrected chi connectivity index (χ0v) is 22.5. The number of halogens is 2. The van der Waals surface area contributed by atoms with Crippen LogP contribution in [0.1, 0.15) is 6.42 Å². The van der Waals surface area contributed by atoms with Crippen molar-refractivity contribution in [2.45, 2.75) is 6.42 Å². The van der Waals surface area contributed by atoms with E-state index in [1.165, 1.54) is 11.3 Å². The molecule has 1 saturated heterocycles. The number of hydrogen-bond donors (Lipinski definition) is 1. The predicted molar refractivity (Wildman–Crippen MR) is 145 cm³/mol. The van der Waals surface area contributed by atoms with Gasteiger partial charge in [0.2, 0.25) is 5.91 Å². The van der Waals surface area contributed by atoms with Crippen LogP contribution in [0, 0.1) is 17.8 Å². The molecule has 0 radical (unpaired) electrons. The Hall–Kier alpha value is -2.53. The highest BCUT2D eigenvalue weighted by Crippen LogP contribution is 2.45. The Balaban J connectivity index is 1.39. The van der Waals surface area contributed by atoms with Crippen molar-refractivity contribution >= 4 is 68.1 Å². The Bertz CT molecular complexity index is 1400. The Labute approximate surface area is 222 Å². The van der Waals surface area contributed by atoms with Crippen LogP contribution in [0.2, 0.25) is 10.2 Å². The average Bonchev–Trinajstić information content (AvgIpc) is 3.63. The Morgan fingerprint density at radius 2 is 1.97 bits per heavy atom. The summed E-state index contributed by atoms with van der Waals surface area (Å²) in [5, 5.41) is 1.69. The highest BCUT2D eigenvalue weighted by Gasteiger charge is 2.46. The molecule has 12 heteroatoms. The average molecular weight is 546 g/mol. The molecule has 1 amide bonds. The molecule has 3 aliphatic rings. The van der Waals surface area contributed by atoms with E-state index in [0.717, 1.165) is 48.3 Å². The highest BCUT2D eigenvalue weighted by atomic mass is 35.5. The molecule has 36 heavy (non-hydrogen) atoms. The van der Waals surface area contributed by atoms with Gasteiger partial charge in [0.25, 0.3) is 0 Å². The van der Waals surface area contributed by atoms with Gasteiger partial charge in [0, 0.05) is 51.9 Å². The number of aliphatic imine (C=N–C) groups is 1. The summed E-state index contributed by atoms with van der Waals surface area (Å²) in [6.45, 7) is 3.78. The number of thiazole rings is 1. The monoisotopic (exact) mass is 544 g/mol. The molecule has 6 rings (SSSR count). The first kappa shape index (κ1) is 23.8. The summed E-state index contributed by atoms with van der Waals surface area (Å²) in [6.07, 6.45) is 6.74. The number of aromatic amines is 1. The van der Waals surface area contributed by atoms with Crippen LogP contribution in [0.15, 0.2) is 23.3 Å². The number of nitrogens with one attached hydrogen (secondary N) is 1. The highest BCUT2D eigenvalue weighted by molar-refractivity contribution is 7.19.